The number of ether oxygens (including phenoxy) is 1. The van der Waals surface area contributed by atoms with Crippen LogP contribution in [0.15, 0.2) is 53.4 Å². The summed E-state index contributed by atoms with van der Waals surface area (Å²) >= 11 is 5.90. The van der Waals surface area contributed by atoms with E-state index in [2.05, 4.69) is 0 Å². The Morgan fingerprint density at radius 1 is 1.11 bits per heavy atom. The molecule has 8 heteroatoms. The molecule has 1 heterocycles. The van der Waals surface area contributed by atoms with Gasteiger partial charge in [-0.1, -0.05) is 36.7 Å². The molecule has 27 heavy (non-hydrogen) atoms. The molecule has 2 aromatic rings. The van der Waals surface area contributed by atoms with E-state index < -0.39 is 32.9 Å². The fourth-order valence-corrected chi connectivity index (χ4v) is 5.66. The number of alkyl halides is 3. The van der Waals surface area contributed by atoms with Crippen molar-refractivity contribution in [2.75, 3.05) is 6.61 Å². The first kappa shape index (κ1) is 20.2. The molecule has 146 valence electrons. The van der Waals surface area contributed by atoms with E-state index in [0.29, 0.717) is 29.7 Å². The first-order valence-electron chi connectivity index (χ1n) is 8.39. The van der Waals surface area contributed by atoms with Crippen LogP contribution in [0.2, 0.25) is 5.02 Å². The van der Waals surface area contributed by atoms with Gasteiger partial charge < -0.3 is 4.74 Å². The first-order chi connectivity index (χ1) is 12.6. The molecule has 1 saturated heterocycles. The van der Waals surface area contributed by atoms with E-state index in [1.807, 2.05) is 0 Å². The van der Waals surface area contributed by atoms with Crippen LogP contribution in [-0.4, -0.2) is 20.3 Å². The number of hydrogen-bond acceptors (Lipinski definition) is 3. The van der Waals surface area contributed by atoms with Crippen LogP contribution < -0.4 is 0 Å². The van der Waals surface area contributed by atoms with Gasteiger partial charge >= 0.3 is 6.18 Å². The largest absolute Gasteiger partial charge is 0.416 e. The standard InChI is InChI=1S/C19H18ClF3O3S/c1-12-9-10-26-17(13-5-7-15(20)8-6-13)18(12)27(24,25)16-4-2-3-14(11-16)19(21,22)23/h2-8,11-12,17-18H,9-10H2,1H3. The Labute approximate surface area is 161 Å². The Bertz CT molecular complexity index is 911. The van der Waals surface area contributed by atoms with E-state index in [1.54, 1.807) is 31.2 Å². The van der Waals surface area contributed by atoms with Crippen LogP contribution in [0.25, 0.3) is 0 Å². The SMILES string of the molecule is CC1CCOC(c2ccc(Cl)cc2)C1S(=O)(=O)c1cccc(C(F)(F)F)c1. The summed E-state index contributed by atoms with van der Waals surface area (Å²) in [6.07, 6.45) is -4.88. The molecule has 1 aliphatic heterocycles. The van der Waals surface area contributed by atoms with E-state index in [4.69, 9.17) is 16.3 Å². The molecule has 0 amide bonds. The van der Waals surface area contributed by atoms with Crippen molar-refractivity contribution in [2.24, 2.45) is 5.92 Å². The highest BCUT2D eigenvalue weighted by molar-refractivity contribution is 7.92. The fourth-order valence-electron chi connectivity index (χ4n) is 3.35. The van der Waals surface area contributed by atoms with E-state index in [1.165, 1.54) is 6.07 Å². The van der Waals surface area contributed by atoms with Gasteiger partial charge in [-0.15, -0.1) is 0 Å². The molecule has 0 radical (unpaired) electrons. The number of halogens is 4. The number of sulfone groups is 1. The van der Waals surface area contributed by atoms with Crippen molar-refractivity contribution < 1.29 is 26.3 Å². The quantitative estimate of drug-likeness (QED) is 0.679. The van der Waals surface area contributed by atoms with Crippen molar-refractivity contribution in [3.63, 3.8) is 0 Å². The summed E-state index contributed by atoms with van der Waals surface area (Å²) < 4.78 is 71.3. The van der Waals surface area contributed by atoms with Gasteiger partial charge in [-0.25, -0.2) is 8.42 Å². The van der Waals surface area contributed by atoms with Crippen LogP contribution in [0.1, 0.15) is 30.6 Å². The van der Waals surface area contributed by atoms with Gasteiger partial charge in [0.2, 0.25) is 0 Å². The first-order valence-corrected chi connectivity index (χ1v) is 10.3. The summed E-state index contributed by atoms with van der Waals surface area (Å²) in [6.45, 7) is 2.16. The Morgan fingerprint density at radius 3 is 2.41 bits per heavy atom. The molecule has 0 bridgehead atoms. The Kier molecular flexibility index (Phi) is 5.57. The van der Waals surface area contributed by atoms with Crippen molar-refractivity contribution in [2.45, 2.75) is 35.8 Å². The molecular weight excluding hydrogens is 401 g/mol. The highest BCUT2D eigenvalue weighted by Gasteiger charge is 2.43. The smallest absolute Gasteiger partial charge is 0.372 e. The topological polar surface area (TPSA) is 43.4 Å². The molecule has 0 N–H and O–H groups in total. The van der Waals surface area contributed by atoms with Gasteiger partial charge in [0.25, 0.3) is 0 Å². The molecule has 0 spiro atoms. The van der Waals surface area contributed by atoms with Gasteiger partial charge in [0.1, 0.15) is 0 Å². The third-order valence-corrected chi connectivity index (χ3v) is 7.37. The zero-order chi connectivity index (χ0) is 19.8. The molecule has 3 rings (SSSR count). The third-order valence-electron chi connectivity index (χ3n) is 4.78. The minimum atomic E-state index is -4.62. The van der Waals surface area contributed by atoms with E-state index in [9.17, 15) is 21.6 Å². The highest BCUT2D eigenvalue weighted by Crippen LogP contribution is 2.40. The average Bonchev–Trinajstić information content (AvgIpc) is 2.61. The normalized spacial score (nSPS) is 24.0. The maximum absolute atomic E-state index is 13.3. The second-order valence-electron chi connectivity index (χ2n) is 6.64. The van der Waals surface area contributed by atoms with Crippen LogP contribution >= 0.6 is 11.6 Å². The second kappa shape index (κ2) is 7.45. The summed E-state index contributed by atoms with van der Waals surface area (Å²) in [7, 11) is -4.06. The van der Waals surface area contributed by atoms with Crippen LogP contribution in [0.4, 0.5) is 13.2 Å². The zero-order valence-electron chi connectivity index (χ0n) is 14.4. The van der Waals surface area contributed by atoms with Crippen molar-refractivity contribution in [1.29, 1.82) is 0 Å². The van der Waals surface area contributed by atoms with E-state index >= 15 is 0 Å². The van der Waals surface area contributed by atoms with E-state index in [0.717, 1.165) is 12.1 Å². The average molecular weight is 419 g/mol. The van der Waals surface area contributed by atoms with Crippen LogP contribution in [0.3, 0.4) is 0 Å². The molecule has 3 unspecified atom stereocenters. The summed E-state index contributed by atoms with van der Waals surface area (Å²) in [5.74, 6) is -0.279. The maximum atomic E-state index is 13.3. The van der Waals surface area contributed by atoms with Gasteiger partial charge in [-0.3, -0.25) is 0 Å². The Morgan fingerprint density at radius 2 is 1.78 bits per heavy atom. The maximum Gasteiger partial charge on any atom is 0.416 e. The van der Waals surface area contributed by atoms with Crippen molar-refractivity contribution in [3.8, 4) is 0 Å². The monoisotopic (exact) mass is 418 g/mol. The number of rotatable bonds is 3. The molecule has 0 aromatic heterocycles. The fraction of sp³-hybridized carbons (Fsp3) is 0.368. The summed E-state index contributed by atoms with van der Waals surface area (Å²) in [5, 5.41) is -0.490. The predicted molar refractivity (Wildman–Crippen MR) is 96.3 cm³/mol. The second-order valence-corrected chi connectivity index (χ2v) is 9.19. The Hall–Kier alpha value is -1.57. The minimum Gasteiger partial charge on any atom is -0.372 e. The lowest BCUT2D eigenvalue weighted by molar-refractivity contribution is -0.137. The molecule has 2 aromatic carbocycles. The summed E-state index contributed by atoms with van der Waals surface area (Å²) in [5.41, 5.74) is -0.359. The van der Waals surface area contributed by atoms with Gasteiger partial charge in [-0.2, -0.15) is 13.2 Å². The lowest BCUT2D eigenvalue weighted by Crippen LogP contribution is -2.40. The molecular formula is C19H18ClF3O3S. The summed E-state index contributed by atoms with van der Waals surface area (Å²) in [6, 6.07) is 10.5. The molecule has 0 saturated carbocycles. The lowest BCUT2D eigenvalue weighted by Gasteiger charge is -2.36. The number of hydrogen-bond donors (Lipinski definition) is 0. The minimum absolute atomic E-state index is 0.279. The van der Waals surface area contributed by atoms with Crippen LogP contribution in [0, 0.1) is 5.92 Å². The predicted octanol–water partition coefficient (Wildman–Crippen LogP) is 5.30. The van der Waals surface area contributed by atoms with Crippen molar-refractivity contribution in [3.05, 3.63) is 64.7 Å². The highest BCUT2D eigenvalue weighted by atomic mass is 35.5. The van der Waals surface area contributed by atoms with E-state index in [-0.39, 0.29) is 10.8 Å². The Balaban J connectivity index is 2.05. The van der Waals surface area contributed by atoms with Crippen LogP contribution in [-0.2, 0) is 20.8 Å². The molecule has 3 atom stereocenters. The zero-order valence-corrected chi connectivity index (χ0v) is 16.0. The van der Waals surface area contributed by atoms with Gasteiger partial charge in [-0.05, 0) is 48.2 Å². The van der Waals surface area contributed by atoms with Crippen LogP contribution in [0.5, 0.6) is 0 Å². The molecule has 1 fully saturated rings. The van der Waals surface area contributed by atoms with Crippen molar-refractivity contribution in [1.82, 2.24) is 0 Å². The summed E-state index contributed by atoms with van der Waals surface area (Å²) in [4.78, 5) is -0.348. The third kappa shape index (κ3) is 4.15. The van der Waals surface area contributed by atoms with Gasteiger partial charge in [0.05, 0.1) is 21.8 Å². The molecule has 3 nitrogen and oxygen atoms in total. The number of benzene rings is 2. The van der Waals surface area contributed by atoms with Gasteiger partial charge in [0, 0.05) is 11.6 Å². The molecule has 1 aliphatic rings. The lowest BCUT2D eigenvalue weighted by atomic mass is 9.93. The molecule has 0 aliphatic carbocycles. The van der Waals surface area contributed by atoms with Gasteiger partial charge in [0.15, 0.2) is 9.84 Å². The van der Waals surface area contributed by atoms with Crippen molar-refractivity contribution >= 4 is 21.4 Å².